The lowest BCUT2D eigenvalue weighted by Crippen LogP contribution is -2.43. The second-order valence-electron chi connectivity index (χ2n) is 8.37. The van der Waals surface area contributed by atoms with Crippen LogP contribution in [0.25, 0.3) is 0 Å². The van der Waals surface area contributed by atoms with Gasteiger partial charge in [-0.1, -0.05) is 35.3 Å². The van der Waals surface area contributed by atoms with Gasteiger partial charge in [-0.05, 0) is 80.0 Å². The van der Waals surface area contributed by atoms with Crippen molar-refractivity contribution in [3.05, 3.63) is 63.1 Å². The van der Waals surface area contributed by atoms with Crippen LogP contribution < -0.4 is 5.32 Å². The van der Waals surface area contributed by atoms with Gasteiger partial charge in [-0.2, -0.15) is 4.31 Å². The van der Waals surface area contributed by atoms with Gasteiger partial charge in [0.15, 0.2) is 0 Å². The molecule has 0 radical (unpaired) electrons. The Morgan fingerprint density at radius 3 is 2.45 bits per heavy atom. The first-order valence-corrected chi connectivity index (χ1v) is 12.8. The fraction of sp³-hybridized carbons (Fsp3) is 0.435. The zero-order chi connectivity index (χ0) is 22.2. The minimum atomic E-state index is -3.53. The Morgan fingerprint density at radius 1 is 1.03 bits per heavy atom. The number of halogens is 2. The Kier molecular flexibility index (Phi) is 6.63. The molecule has 0 spiro atoms. The summed E-state index contributed by atoms with van der Waals surface area (Å²) < 4.78 is 27.7. The van der Waals surface area contributed by atoms with E-state index in [-0.39, 0.29) is 17.9 Å². The van der Waals surface area contributed by atoms with E-state index >= 15 is 0 Å². The predicted octanol–water partition coefficient (Wildman–Crippen LogP) is 4.76. The molecule has 1 aliphatic heterocycles. The zero-order valence-corrected chi connectivity index (χ0v) is 19.7. The maximum atomic E-state index is 13.1. The van der Waals surface area contributed by atoms with Gasteiger partial charge >= 0.3 is 0 Å². The Labute approximate surface area is 193 Å². The summed E-state index contributed by atoms with van der Waals surface area (Å²) in [7, 11) is -3.53. The highest BCUT2D eigenvalue weighted by molar-refractivity contribution is 7.89. The maximum absolute atomic E-state index is 13.1. The minimum Gasteiger partial charge on any atom is -0.349 e. The van der Waals surface area contributed by atoms with Gasteiger partial charge in [-0.25, -0.2) is 8.42 Å². The molecular formula is C23H26Cl2N2O3S. The van der Waals surface area contributed by atoms with E-state index in [4.69, 9.17) is 23.2 Å². The van der Waals surface area contributed by atoms with E-state index < -0.39 is 10.0 Å². The number of rotatable bonds is 5. The van der Waals surface area contributed by atoms with Crippen molar-refractivity contribution in [1.29, 1.82) is 0 Å². The molecular weight excluding hydrogens is 455 g/mol. The van der Waals surface area contributed by atoms with E-state index in [0.29, 0.717) is 40.9 Å². The molecule has 1 fully saturated rings. The highest BCUT2D eigenvalue weighted by Crippen LogP contribution is 2.29. The number of hydrogen-bond acceptors (Lipinski definition) is 3. The summed E-state index contributed by atoms with van der Waals surface area (Å²) in [6.07, 6.45) is 4.06. The van der Waals surface area contributed by atoms with Gasteiger partial charge in [-0.3, -0.25) is 4.79 Å². The topological polar surface area (TPSA) is 66.5 Å². The van der Waals surface area contributed by atoms with Crippen molar-refractivity contribution in [2.75, 3.05) is 13.1 Å². The van der Waals surface area contributed by atoms with Crippen molar-refractivity contribution in [2.24, 2.45) is 5.92 Å². The molecule has 1 heterocycles. The quantitative estimate of drug-likeness (QED) is 0.670. The number of benzene rings is 2. The van der Waals surface area contributed by atoms with Gasteiger partial charge in [0.1, 0.15) is 0 Å². The second-order valence-corrected chi connectivity index (χ2v) is 11.1. The smallest absolute Gasteiger partial charge is 0.243 e. The Bertz CT molecular complexity index is 1100. The van der Waals surface area contributed by atoms with Crippen molar-refractivity contribution >= 4 is 39.1 Å². The molecule has 1 amide bonds. The molecule has 0 aromatic heterocycles. The normalized spacial score (nSPS) is 18.5. The predicted molar refractivity (Wildman–Crippen MR) is 123 cm³/mol. The Balaban J connectivity index is 1.36. The average Bonchev–Trinajstić information content (AvgIpc) is 3.23. The summed E-state index contributed by atoms with van der Waals surface area (Å²) in [6, 6.07) is 10.6. The molecule has 1 N–H and O–H groups in total. The molecule has 8 heteroatoms. The molecule has 31 heavy (non-hydrogen) atoms. The summed E-state index contributed by atoms with van der Waals surface area (Å²) >= 11 is 12.0. The molecule has 2 aliphatic rings. The summed E-state index contributed by atoms with van der Waals surface area (Å²) in [4.78, 5) is 13.1. The van der Waals surface area contributed by atoms with E-state index in [1.54, 1.807) is 18.2 Å². The molecule has 2 aromatic rings. The van der Waals surface area contributed by atoms with Crippen molar-refractivity contribution < 1.29 is 13.2 Å². The minimum absolute atomic E-state index is 0.0619. The van der Waals surface area contributed by atoms with Gasteiger partial charge < -0.3 is 5.32 Å². The maximum Gasteiger partial charge on any atom is 0.243 e. The summed E-state index contributed by atoms with van der Waals surface area (Å²) in [5.74, 6) is -0.273. The van der Waals surface area contributed by atoms with Crippen LogP contribution in [0, 0.1) is 5.92 Å². The summed E-state index contributed by atoms with van der Waals surface area (Å²) in [5.41, 5.74) is 3.27. The van der Waals surface area contributed by atoms with Crippen molar-refractivity contribution in [2.45, 2.75) is 50.0 Å². The lowest BCUT2D eigenvalue weighted by Gasteiger charge is -2.31. The van der Waals surface area contributed by atoms with Crippen LogP contribution in [-0.2, 0) is 27.7 Å². The van der Waals surface area contributed by atoms with Crippen LogP contribution in [0.1, 0.15) is 48.9 Å². The van der Waals surface area contributed by atoms with Crippen LogP contribution in [-0.4, -0.2) is 31.7 Å². The standard InChI is InChI=1S/C23H26Cl2N2O3S/c1-15(18-6-8-21(24)22(25)14-18)26-23(28)17-9-11-27(12-10-17)31(29,30)20-7-5-16-3-2-4-19(16)13-20/h5-8,13-15,17H,2-4,9-12H2,1H3,(H,26,28)/t15-/m0/s1. The van der Waals surface area contributed by atoms with E-state index in [9.17, 15) is 13.2 Å². The molecule has 0 unspecified atom stereocenters. The van der Waals surface area contributed by atoms with Gasteiger partial charge in [0.2, 0.25) is 15.9 Å². The molecule has 1 aliphatic carbocycles. The van der Waals surface area contributed by atoms with Gasteiger partial charge in [0, 0.05) is 19.0 Å². The third kappa shape index (κ3) is 4.77. The monoisotopic (exact) mass is 480 g/mol. The lowest BCUT2D eigenvalue weighted by atomic mass is 9.96. The third-order valence-corrected chi connectivity index (χ3v) is 8.97. The molecule has 1 saturated heterocycles. The van der Waals surface area contributed by atoms with E-state index in [2.05, 4.69) is 5.32 Å². The van der Waals surface area contributed by atoms with E-state index in [1.807, 2.05) is 25.1 Å². The first kappa shape index (κ1) is 22.6. The number of nitrogens with zero attached hydrogens (tertiary/aromatic N) is 1. The van der Waals surface area contributed by atoms with Crippen LogP contribution in [0.15, 0.2) is 41.3 Å². The SMILES string of the molecule is C[C@H](NC(=O)C1CCN(S(=O)(=O)c2ccc3c(c2)CCC3)CC1)c1ccc(Cl)c(Cl)c1. The lowest BCUT2D eigenvalue weighted by molar-refractivity contribution is -0.126. The van der Waals surface area contributed by atoms with Crippen LogP contribution in [0.5, 0.6) is 0 Å². The molecule has 1 atom stereocenters. The zero-order valence-electron chi connectivity index (χ0n) is 17.4. The van der Waals surface area contributed by atoms with Crippen LogP contribution in [0.3, 0.4) is 0 Å². The van der Waals surface area contributed by atoms with Crippen molar-refractivity contribution in [3.8, 4) is 0 Å². The number of sulfonamides is 1. The summed E-state index contributed by atoms with van der Waals surface area (Å²) in [6.45, 7) is 2.59. The Hall–Kier alpha value is -1.60. The molecule has 166 valence electrons. The highest BCUT2D eigenvalue weighted by Gasteiger charge is 2.33. The number of fused-ring (bicyclic) bond motifs is 1. The number of amides is 1. The fourth-order valence-electron chi connectivity index (χ4n) is 4.41. The summed E-state index contributed by atoms with van der Waals surface area (Å²) in [5, 5.41) is 3.94. The molecule has 2 aromatic carbocycles. The second kappa shape index (κ2) is 9.10. The molecule has 5 nitrogen and oxygen atoms in total. The molecule has 0 saturated carbocycles. The molecule has 0 bridgehead atoms. The molecule has 4 rings (SSSR count). The van der Waals surface area contributed by atoms with E-state index in [0.717, 1.165) is 30.4 Å². The van der Waals surface area contributed by atoms with Crippen LogP contribution >= 0.6 is 23.2 Å². The van der Waals surface area contributed by atoms with Crippen molar-refractivity contribution in [3.63, 3.8) is 0 Å². The highest BCUT2D eigenvalue weighted by atomic mass is 35.5. The number of aryl methyl sites for hydroxylation is 2. The number of hydrogen-bond donors (Lipinski definition) is 1. The number of nitrogens with one attached hydrogen (secondary N) is 1. The van der Waals surface area contributed by atoms with Gasteiger partial charge in [0.05, 0.1) is 21.0 Å². The van der Waals surface area contributed by atoms with Gasteiger partial charge in [0.25, 0.3) is 0 Å². The van der Waals surface area contributed by atoms with E-state index in [1.165, 1.54) is 9.87 Å². The fourth-order valence-corrected chi connectivity index (χ4v) is 6.24. The number of carbonyl (C=O) groups excluding carboxylic acids is 1. The Morgan fingerprint density at radius 2 is 1.74 bits per heavy atom. The van der Waals surface area contributed by atoms with Crippen molar-refractivity contribution in [1.82, 2.24) is 9.62 Å². The van der Waals surface area contributed by atoms with Crippen LogP contribution in [0.2, 0.25) is 10.0 Å². The van der Waals surface area contributed by atoms with Crippen LogP contribution in [0.4, 0.5) is 0 Å². The first-order chi connectivity index (χ1) is 14.8. The third-order valence-electron chi connectivity index (χ3n) is 6.33. The average molecular weight is 481 g/mol. The van der Waals surface area contributed by atoms with Gasteiger partial charge in [-0.15, -0.1) is 0 Å². The number of piperidine rings is 1. The number of carbonyl (C=O) groups is 1. The largest absolute Gasteiger partial charge is 0.349 e. The first-order valence-electron chi connectivity index (χ1n) is 10.6.